The number of hydrogen-bond donors (Lipinski definition) is 2. The van der Waals surface area contributed by atoms with Gasteiger partial charge in [0.25, 0.3) is 0 Å². The van der Waals surface area contributed by atoms with Gasteiger partial charge in [-0.3, -0.25) is 0 Å². The lowest BCUT2D eigenvalue weighted by Gasteiger charge is -2.31. The molecule has 2 rings (SSSR count). The summed E-state index contributed by atoms with van der Waals surface area (Å²) in [6.45, 7) is 4.46. The summed E-state index contributed by atoms with van der Waals surface area (Å²) in [6.07, 6.45) is 2.05. The zero-order chi connectivity index (χ0) is 11.8. The van der Waals surface area contributed by atoms with Crippen molar-refractivity contribution in [3.63, 3.8) is 0 Å². The fourth-order valence-corrected chi connectivity index (χ4v) is 2.33. The minimum atomic E-state index is -0.922. The Labute approximate surface area is 95.5 Å². The van der Waals surface area contributed by atoms with Crippen LogP contribution in [-0.4, -0.2) is 17.7 Å². The molecule has 0 bridgehead atoms. The first-order chi connectivity index (χ1) is 7.51. The Morgan fingerprint density at radius 2 is 2.25 bits per heavy atom. The largest absolute Gasteiger partial charge is 0.384 e. The monoisotopic (exact) mass is 223 g/mol. The lowest BCUT2D eigenvalue weighted by atomic mass is 9.86. The summed E-state index contributed by atoms with van der Waals surface area (Å²) in [6, 6.07) is 4.89. The van der Waals surface area contributed by atoms with Crippen LogP contribution in [-0.2, 0) is 5.60 Å². The molecule has 88 valence electrons. The highest BCUT2D eigenvalue weighted by Crippen LogP contribution is 2.30. The molecule has 0 aromatic heterocycles. The Hall–Kier alpha value is -0.930. The molecule has 1 heterocycles. The van der Waals surface area contributed by atoms with Crippen LogP contribution in [0.3, 0.4) is 0 Å². The molecular formula is C13H18FNO. The van der Waals surface area contributed by atoms with Crippen LogP contribution in [0.1, 0.15) is 30.9 Å². The van der Waals surface area contributed by atoms with E-state index < -0.39 is 5.60 Å². The van der Waals surface area contributed by atoms with E-state index in [-0.39, 0.29) is 11.9 Å². The number of halogens is 1. The molecule has 2 atom stereocenters. The van der Waals surface area contributed by atoms with Crippen molar-refractivity contribution >= 4 is 0 Å². The Bertz CT molecular complexity index is 384. The van der Waals surface area contributed by atoms with Gasteiger partial charge in [0.05, 0.1) is 0 Å². The zero-order valence-electron chi connectivity index (χ0n) is 9.76. The van der Waals surface area contributed by atoms with Gasteiger partial charge in [0, 0.05) is 6.04 Å². The van der Waals surface area contributed by atoms with Gasteiger partial charge in [0.2, 0.25) is 0 Å². The second-order valence-corrected chi connectivity index (χ2v) is 4.76. The van der Waals surface area contributed by atoms with Crippen LogP contribution in [0.2, 0.25) is 0 Å². The van der Waals surface area contributed by atoms with Crippen molar-refractivity contribution < 1.29 is 9.50 Å². The van der Waals surface area contributed by atoms with E-state index in [2.05, 4.69) is 5.32 Å². The van der Waals surface area contributed by atoms with E-state index in [1.54, 1.807) is 26.0 Å². The van der Waals surface area contributed by atoms with Crippen molar-refractivity contribution in [2.24, 2.45) is 0 Å². The van der Waals surface area contributed by atoms with Crippen LogP contribution in [0.5, 0.6) is 0 Å². The first-order valence-electron chi connectivity index (χ1n) is 5.74. The third kappa shape index (κ3) is 1.97. The van der Waals surface area contributed by atoms with E-state index in [0.29, 0.717) is 5.56 Å². The summed E-state index contributed by atoms with van der Waals surface area (Å²) in [5.41, 5.74) is 0.441. The summed E-state index contributed by atoms with van der Waals surface area (Å²) in [5.74, 6) is -0.223. The molecule has 2 N–H and O–H groups in total. The normalized spacial score (nSPS) is 24.4. The van der Waals surface area contributed by atoms with Gasteiger partial charge >= 0.3 is 0 Å². The van der Waals surface area contributed by atoms with E-state index in [9.17, 15) is 9.50 Å². The Morgan fingerprint density at radius 3 is 2.81 bits per heavy atom. The first-order valence-corrected chi connectivity index (χ1v) is 5.74. The van der Waals surface area contributed by atoms with Crippen LogP contribution < -0.4 is 5.32 Å². The molecule has 0 amide bonds. The average Bonchev–Trinajstić information content (AvgIpc) is 2.75. The highest BCUT2D eigenvalue weighted by atomic mass is 19.1. The molecule has 1 aliphatic rings. The molecule has 1 aromatic carbocycles. The van der Waals surface area contributed by atoms with Crippen molar-refractivity contribution in [3.8, 4) is 0 Å². The topological polar surface area (TPSA) is 32.3 Å². The van der Waals surface area contributed by atoms with Crippen LogP contribution in [0, 0.1) is 12.7 Å². The van der Waals surface area contributed by atoms with E-state index in [0.717, 1.165) is 24.9 Å². The molecule has 0 radical (unpaired) electrons. The van der Waals surface area contributed by atoms with Gasteiger partial charge in [-0.1, -0.05) is 12.1 Å². The Kier molecular flexibility index (Phi) is 3.00. The Morgan fingerprint density at radius 1 is 1.50 bits per heavy atom. The molecule has 1 aromatic rings. The van der Waals surface area contributed by atoms with Gasteiger partial charge < -0.3 is 10.4 Å². The summed E-state index contributed by atoms with van der Waals surface area (Å²) in [4.78, 5) is 0. The highest BCUT2D eigenvalue weighted by molar-refractivity contribution is 5.29. The second-order valence-electron chi connectivity index (χ2n) is 4.76. The van der Waals surface area contributed by atoms with Crippen LogP contribution in [0.4, 0.5) is 4.39 Å². The standard InChI is InChI=1S/C13H18FNO/c1-9-8-10(5-6-11(9)14)13(2,16)12-4-3-7-15-12/h5-6,8,12,15-16H,3-4,7H2,1-2H3. The lowest BCUT2D eigenvalue weighted by molar-refractivity contribution is 0.0217. The summed E-state index contributed by atoms with van der Waals surface area (Å²) < 4.78 is 13.2. The van der Waals surface area contributed by atoms with Gasteiger partial charge in [0.15, 0.2) is 0 Å². The maximum absolute atomic E-state index is 13.2. The van der Waals surface area contributed by atoms with E-state index >= 15 is 0 Å². The molecule has 1 fully saturated rings. The van der Waals surface area contributed by atoms with Crippen LogP contribution >= 0.6 is 0 Å². The van der Waals surface area contributed by atoms with E-state index in [1.165, 1.54) is 6.07 Å². The van der Waals surface area contributed by atoms with Gasteiger partial charge in [-0.2, -0.15) is 0 Å². The van der Waals surface area contributed by atoms with Gasteiger partial charge in [-0.05, 0) is 50.4 Å². The molecule has 0 aliphatic carbocycles. The fraction of sp³-hybridized carbons (Fsp3) is 0.538. The molecule has 2 unspecified atom stereocenters. The zero-order valence-corrected chi connectivity index (χ0v) is 9.76. The average molecular weight is 223 g/mol. The minimum absolute atomic E-state index is 0.0670. The number of hydrogen-bond acceptors (Lipinski definition) is 2. The second kappa shape index (κ2) is 4.15. The smallest absolute Gasteiger partial charge is 0.126 e. The summed E-state index contributed by atoms with van der Waals surface area (Å²) >= 11 is 0. The Balaban J connectivity index is 2.30. The molecule has 0 spiro atoms. The quantitative estimate of drug-likeness (QED) is 0.804. The first kappa shape index (κ1) is 11.6. The van der Waals surface area contributed by atoms with Gasteiger partial charge in [0.1, 0.15) is 11.4 Å². The molecule has 1 saturated heterocycles. The predicted molar refractivity (Wildman–Crippen MR) is 61.7 cm³/mol. The summed E-state index contributed by atoms with van der Waals surface area (Å²) in [7, 11) is 0. The fourth-order valence-electron chi connectivity index (χ4n) is 2.33. The third-order valence-corrected chi connectivity index (χ3v) is 3.48. The highest BCUT2D eigenvalue weighted by Gasteiger charge is 2.35. The molecule has 3 heteroatoms. The molecule has 0 saturated carbocycles. The van der Waals surface area contributed by atoms with Gasteiger partial charge in [-0.25, -0.2) is 4.39 Å². The maximum Gasteiger partial charge on any atom is 0.126 e. The molecule has 2 nitrogen and oxygen atoms in total. The maximum atomic E-state index is 13.2. The van der Waals surface area contributed by atoms with E-state index in [4.69, 9.17) is 0 Å². The van der Waals surface area contributed by atoms with Crippen molar-refractivity contribution in [1.29, 1.82) is 0 Å². The van der Waals surface area contributed by atoms with Crippen LogP contribution in [0.25, 0.3) is 0 Å². The molecular weight excluding hydrogens is 205 g/mol. The van der Waals surface area contributed by atoms with Crippen molar-refractivity contribution in [2.45, 2.75) is 38.3 Å². The van der Waals surface area contributed by atoms with Crippen LogP contribution in [0.15, 0.2) is 18.2 Å². The number of aliphatic hydroxyl groups is 1. The van der Waals surface area contributed by atoms with Crippen molar-refractivity contribution in [2.75, 3.05) is 6.54 Å². The SMILES string of the molecule is Cc1cc(C(C)(O)C2CCCN2)ccc1F. The molecule has 16 heavy (non-hydrogen) atoms. The number of rotatable bonds is 2. The number of nitrogens with one attached hydrogen (secondary N) is 1. The molecule has 1 aliphatic heterocycles. The summed E-state index contributed by atoms with van der Waals surface area (Å²) in [5, 5.41) is 13.8. The third-order valence-electron chi connectivity index (χ3n) is 3.48. The lowest BCUT2D eigenvalue weighted by Crippen LogP contribution is -2.42. The van der Waals surface area contributed by atoms with Gasteiger partial charge in [-0.15, -0.1) is 0 Å². The number of aryl methyl sites for hydroxylation is 1. The minimum Gasteiger partial charge on any atom is -0.384 e. The van der Waals surface area contributed by atoms with Crippen molar-refractivity contribution in [1.82, 2.24) is 5.32 Å². The van der Waals surface area contributed by atoms with Crippen molar-refractivity contribution in [3.05, 3.63) is 35.1 Å². The van der Waals surface area contributed by atoms with E-state index in [1.807, 2.05) is 0 Å². The predicted octanol–water partition coefficient (Wildman–Crippen LogP) is 2.09. The number of benzene rings is 1.